The number of nitrogens with one attached hydrogen (secondary N) is 3. The molecule has 0 aromatic heterocycles. The molecule has 0 unspecified atom stereocenters. The fourth-order valence-corrected chi connectivity index (χ4v) is 2.84. The number of amides is 5. The van der Waals surface area contributed by atoms with E-state index >= 15 is 0 Å². The summed E-state index contributed by atoms with van der Waals surface area (Å²) in [7, 11) is 0. The van der Waals surface area contributed by atoms with Crippen molar-refractivity contribution in [2.75, 3.05) is 19.6 Å². The highest BCUT2D eigenvalue weighted by Crippen LogP contribution is 2.07. The molecule has 10 nitrogen and oxygen atoms in total. The number of imide groups is 1. The summed E-state index contributed by atoms with van der Waals surface area (Å²) in [6, 6.07) is 8.17. The zero-order valence-electron chi connectivity index (χ0n) is 18.3. The quantitative estimate of drug-likeness (QED) is 0.469. The summed E-state index contributed by atoms with van der Waals surface area (Å²) in [6.07, 6.45) is 1.80. The Labute approximate surface area is 186 Å². The van der Waals surface area contributed by atoms with Gasteiger partial charge < -0.3 is 20.7 Å². The summed E-state index contributed by atoms with van der Waals surface area (Å²) in [5, 5.41) is 7.57. The standard InChI is InChI=1S/C22H28N4O6/c1-22(2,3)32-21(31)24-14-17(27)25-16(13-15-7-5-4-6-8-15)20(30)23-11-12-26-18(28)9-10-19(26)29/h4-10,16H,11-14H2,1-3H3,(H,23,30)(H,24,31)(H,25,27)/t16-/m0/s1. The van der Waals surface area contributed by atoms with Crippen molar-refractivity contribution in [2.24, 2.45) is 0 Å². The van der Waals surface area contributed by atoms with Crippen LogP contribution in [0.5, 0.6) is 0 Å². The molecule has 172 valence electrons. The van der Waals surface area contributed by atoms with E-state index in [1.807, 2.05) is 30.3 Å². The van der Waals surface area contributed by atoms with E-state index in [2.05, 4.69) is 16.0 Å². The van der Waals surface area contributed by atoms with E-state index in [0.717, 1.165) is 10.5 Å². The van der Waals surface area contributed by atoms with Crippen LogP contribution in [0.4, 0.5) is 4.79 Å². The molecule has 5 amide bonds. The molecule has 0 bridgehead atoms. The molecule has 1 aromatic rings. The number of rotatable bonds is 9. The second kappa shape index (κ2) is 11.1. The molecule has 0 aliphatic carbocycles. The predicted molar refractivity (Wildman–Crippen MR) is 115 cm³/mol. The van der Waals surface area contributed by atoms with Crippen molar-refractivity contribution < 1.29 is 28.7 Å². The average molecular weight is 444 g/mol. The van der Waals surface area contributed by atoms with Crippen molar-refractivity contribution in [3.05, 3.63) is 48.0 Å². The smallest absolute Gasteiger partial charge is 0.408 e. The highest BCUT2D eigenvalue weighted by molar-refractivity contribution is 6.12. The van der Waals surface area contributed by atoms with E-state index in [1.54, 1.807) is 20.8 Å². The van der Waals surface area contributed by atoms with Gasteiger partial charge in [-0.2, -0.15) is 0 Å². The molecule has 2 rings (SSSR count). The summed E-state index contributed by atoms with van der Waals surface area (Å²) in [5.41, 5.74) is 0.117. The first-order valence-electron chi connectivity index (χ1n) is 10.2. The molecular formula is C22H28N4O6. The largest absolute Gasteiger partial charge is 0.444 e. The first-order valence-corrected chi connectivity index (χ1v) is 10.2. The normalized spacial score (nSPS) is 14.2. The van der Waals surface area contributed by atoms with Gasteiger partial charge in [0, 0.05) is 31.7 Å². The van der Waals surface area contributed by atoms with Gasteiger partial charge >= 0.3 is 6.09 Å². The maximum atomic E-state index is 12.7. The van der Waals surface area contributed by atoms with Gasteiger partial charge in [-0.1, -0.05) is 30.3 Å². The second-order valence-electron chi connectivity index (χ2n) is 8.12. The number of carbonyl (C=O) groups is 5. The van der Waals surface area contributed by atoms with Gasteiger partial charge in [0.15, 0.2) is 0 Å². The van der Waals surface area contributed by atoms with Gasteiger partial charge in [-0.15, -0.1) is 0 Å². The zero-order valence-corrected chi connectivity index (χ0v) is 18.3. The highest BCUT2D eigenvalue weighted by Gasteiger charge is 2.25. The fourth-order valence-electron chi connectivity index (χ4n) is 2.84. The molecule has 0 radical (unpaired) electrons. The molecule has 1 aliphatic rings. The Balaban J connectivity index is 1.92. The highest BCUT2D eigenvalue weighted by atomic mass is 16.6. The Bertz CT molecular complexity index is 873. The number of benzene rings is 1. The van der Waals surface area contributed by atoms with Crippen LogP contribution in [-0.2, 0) is 30.3 Å². The van der Waals surface area contributed by atoms with E-state index < -0.39 is 41.4 Å². The molecule has 0 fully saturated rings. The van der Waals surface area contributed by atoms with Crippen molar-refractivity contribution in [3.8, 4) is 0 Å². The lowest BCUT2D eigenvalue weighted by molar-refractivity contribution is -0.137. The third-order valence-corrected chi connectivity index (χ3v) is 4.26. The third kappa shape index (κ3) is 8.21. The first kappa shape index (κ1) is 24.6. The van der Waals surface area contributed by atoms with Gasteiger partial charge in [0.2, 0.25) is 11.8 Å². The molecule has 1 atom stereocenters. The lowest BCUT2D eigenvalue weighted by Crippen LogP contribution is -2.51. The topological polar surface area (TPSA) is 134 Å². The number of carbonyl (C=O) groups excluding carboxylic acids is 5. The van der Waals surface area contributed by atoms with Crippen molar-refractivity contribution in [1.82, 2.24) is 20.9 Å². The van der Waals surface area contributed by atoms with Crippen LogP contribution in [0.2, 0.25) is 0 Å². The van der Waals surface area contributed by atoms with Gasteiger partial charge in [0.05, 0.1) is 0 Å². The van der Waals surface area contributed by atoms with Crippen molar-refractivity contribution in [3.63, 3.8) is 0 Å². The van der Waals surface area contributed by atoms with Crippen LogP contribution in [0.1, 0.15) is 26.3 Å². The summed E-state index contributed by atoms with van der Waals surface area (Å²) >= 11 is 0. The Morgan fingerprint density at radius 1 is 1.00 bits per heavy atom. The molecule has 0 saturated heterocycles. The van der Waals surface area contributed by atoms with Crippen molar-refractivity contribution in [2.45, 2.75) is 38.8 Å². The number of hydrogen-bond donors (Lipinski definition) is 3. The summed E-state index contributed by atoms with van der Waals surface area (Å²) in [5.74, 6) is -1.93. The van der Waals surface area contributed by atoms with Crippen molar-refractivity contribution >= 4 is 29.7 Å². The number of hydrogen-bond acceptors (Lipinski definition) is 6. The van der Waals surface area contributed by atoms with Gasteiger partial charge in [-0.05, 0) is 26.3 Å². The van der Waals surface area contributed by atoms with Crippen LogP contribution in [0.15, 0.2) is 42.5 Å². The summed E-state index contributed by atoms with van der Waals surface area (Å²) < 4.78 is 5.08. The van der Waals surface area contributed by atoms with Gasteiger partial charge in [0.25, 0.3) is 11.8 Å². The lowest BCUT2D eigenvalue weighted by atomic mass is 10.1. The Morgan fingerprint density at radius 3 is 2.22 bits per heavy atom. The molecular weight excluding hydrogens is 416 g/mol. The van der Waals surface area contributed by atoms with Crippen LogP contribution in [0, 0.1) is 0 Å². The minimum Gasteiger partial charge on any atom is -0.444 e. The van der Waals surface area contributed by atoms with Crippen LogP contribution >= 0.6 is 0 Å². The SMILES string of the molecule is CC(C)(C)OC(=O)NCC(=O)N[C@@H](Cc1ccccc1)C(=O)NCCN1C(=O)C=CC1=O. The van der Waals surface area contributed by atoms with Crippen LogP contribution < -0.4 is 16.0 Å². The minimum atomic E-state index is -0.923. The number of alkyl carbamates (subject to hydrolysis) is 1. The molecule has 1 aromatic carbocycles. The first-order chi connectivity index (χ1) is 15.0. The zero-order chi connectivity index (χ0) is 23.7. The summed E-state index contributed by atoms with van der Waals surface area (Å²) in [4.78, 5) is 61.0. The maximum absolute atomic E-state index is 12.7. The Kier molecular flexibility index (Phi) is 8.51. The Hall–Kier alpha value is -3.69. The molecule has 32 heavy (non-hydrogen) atoms. The molecule has 10 heteroatoms. The summed E-state index contributed by atoms with van der Waals surface area (Å²) in [6.45, 7) is 4.79. The van der Waals surface area contributed by atoms with E-state index in [0.29, 0.717) is 0 Å². The molecule has 0 saturated carbocycles. The fraction of sp³-hybridized carbons (Fsp3) is 0.409. The minimum absolute atomic E-state index is 0.0165. The Morgan fingerprint density at radius 2 is 1.62 bits per heavy atom. The van der Waals surface area contributed by atoms with Crippen LogP contribution in [0.3, 0.4) is 0 Å². The van der Waals surface area contributed by atoms with E-state index in [4.69, 9.17) is 4.74 Å². The number of nitrogens with zero attached hydrogens (tertiary/aromatic N) is 1. The van der Waals surface area contributed by atoms with Crippen LogP contribution in [-0.4, -0.2) is 65.9 Å². The molecule has 3 N–H and O–H groups in total. The van der Waals surface area contributed by atoms with E-state index in [1.165, 1.54) is 12.2 Å². The van der Waals surface area contributed by atoms with E-state index in [-0.39, 0.29) is 26.1 Å². The van der Waals surface area contributed by atoms with Crippen LogP contribution in [0.25, 0.3) is 0 Å². The number of ether oxygens (including phenoxy) is 1. The molecule has 1 aliphatic heterocycles. The second-order valence-corrected chi connectivity index (χ2v) is 8.12. The third-order valence-electron chi connectivity index (χ3n) is 4.26. The van der Waals surface area contributed by atoms with Crippen molar-refractivity contribution in [1.29, 1.82) is 0 Å². The molecule has 0 spiro atoms. The lowest BCUT2D eigenvalue weighted by Gasteiger charge is -2.21. The average Bonchev–Trinajstić information content (AvgIpc) is 3.03. The molecule has 1 heterocycles. The van der Waals surface area contributed by atoms with Gasteiger partial charge in [0.1, 0.15) is 18.2 Å². The maximum Gasteiger partial charge on any atom is 0.408 e. The predicted octanol–water partition coefficient (Wildman–Crippen LogP) is 0.280. The van der Waals surface area contributed by atoms with E-state index in [9.17, 15) is 24.0 Å². The van der Waals surface area contributed by atoms with Gasteiger partial charge in [-0.25, -0.2) is 4.79 Å². The van der Waals surface area contributed by atoms with Gasteiger partial charge in [-0.3, -0.25) is 24.1 Å². The monoisotopic (exact) mass is 444 g/mol.